The molecule has 0 aromatic carbocycles. The Bertz CT molecular complexity index is 101. The lowest BCUT2D eigenvalue weighted by Crippen LogP contribution is -2.51. The molecule has 0 heterocycles. The van der Waals surface area contributed by atoms with E-state index in [0.29, 0.717) is 0 Å². The van der Waals surface area contributed by atoms with Crippen molar-refractivity contribution in [2.45, 2.75) is 0 Å². The van der Waals surface area contributed by atoms with Crippen LogP contribution in [0.5, 0.6) is 0 Å². The summed E-state index contributed by atoms with van der Waals surface area (Å²) in [6.45, 7) is 0. The average molecular weight is 137 g/mol. The van der Waals surface area contributed by atoms with Crippen LogP contribution in [0.1, 0.15) is 0 Å². The molecule has 8 heteroatoms. The molecule has 0 unspecified atom stereocenters. The summed E-state index contributed by atoms with van der Waals surface area (Å²) in [5, 5.41) is 29.6. The van der Waals surface area contributed by atoms with Crippen molar-refractivity contribution in [1.82, 2.24) is 0 Å². The van der Waals surface area contributed by atoms with Crippen molar-refractivity contribution in [2.75, 3.05) is 0 Å². The highest BCUT2D eigenvalue weighted by atomic mass is 16.8. The maximum absolute atomic E-state index is 8.76. The maximum Gasteiger partial charge on any atom is 0.336 e. The Labute approximate surface area is 50.0 Å². The van der Waals surface area contributed by atoms with Crippen molar-refractivity contribution in [3.05, 3.63) is 10.4 Å². The number of hydrogen-bond donors (Lipinski definition) is 4. The van der Waals surface area contributed by atoms with E-state index in [1.807, 2.05) is 0 Å². The van der Waals surface area contributed by atoms with Crippen molar-refractivity contribution in [3.63, 3.8) is 0 Å². The highest BCUT2D eigenvalue weighted by Crippen LogP contribution is 1.57. The quantitative estimate of drug-likeness (QED) is 0.120. The van der Waals surface area contributed by atoms with Crippen LogP contribution in [0.15, 0.2) is 5.28 Å². The van der Waals surface area contributed by atoms with E-state index in [4.69, 9.17) is 15.6 Å². The summed E-state index contributed by atoms with van der Waals surface area (Å²) in [4.78, 5) is 0. The number of hydrogen-bond acceptors (Lipinski definition) is 3. The smallest absolute Gasteiger partial charge is 0.336 e. The lowest BCUT2D eigenvalue weighted by molar-refractivity contribution is -0.489. The second-order valence-corrected chi connectivity index (χ2v) is 0.827. The van der Waals surface area contributed by atoms with Crippen molar-refractivity contribution in [3.8, 4) is 0 Å². The Morgan fingerprint density at radius 3 is 1.67 bits per heavy atom. The van der Waals surface area contributed by atoms with Gasteiger partial charge < -0.3 is 15.6 Å². The van der Waals surface area contributed by atoms with E-state index in [1.54, 1.807) is 5.28 Å². The van der Waals surface area contributed by atoms with Gasteiger partial charge >= 0.3 is 5.96 Å². The Hall–Kier alpha value is -1.73. The molecule has 0 spiro atoms. The molecule has 0 aromatic heterocycles. The van der Waals surface area contributed by atoms with Crippen LogP contribution in [0, 0.1) is 10.4 Å². The third-order valence-electron chi connectivity index (χ3n) is 0.0730. The van der Waals surface area contributed by atoms with Crippen LogP contribution in [0.4, 0.5) is 0 Å². The highest BCUT2D eigenvalue weighted by molar-refractivity contribution is 5.68. The fraction of sp³-hybridized carbons (Fsp3) is 0. The van der Waals surface area contributed by atoms with Crippen LogP contribution in [-0.2, 0) is 0 Å². The predicted molar refractivity (Wildman–Crippen MR) is 26.5 cm³/mol. The van der Waals surface area contributed by atoms with Crippen molar-refractivity contribution >= 4 is 5.96 Å². The summed E-state index contributed by atoms with van der Waals surface area (Å²) in [5.74, 6) is -0.0833. The molecule has 0 radical (unpaired) electrons. The van der Waals surface area contributed by atoms with E-state index in [1.165, 1.54) is 0 Å². The lowest BCUT2D eigenvalue weighted by atomic mass is 11.1. The predicted octanol–water partition coefficient (Wildman–Crippen LogP) is -3.15. The van der Waals surface area contributed by atoms with Crippen molar-refractivity contribution in [2.24, 2.45) is 16.7 Å². The minimum Gasteiger partial charge on any atom is -0.585 e. The average Bonchev–Trinajstić information content (AvgIpc) is 1.65. The first-order valence-corrected chi connectivity index (χ1v) is 1.63. The first kappa shape index (κ1) is 10.3. The van der Waals surface area contributed by atoms with Gasteiger partial charge in [-0.25, -0.2) is 0 Å². The zero-order valence-electron chi connectivity index (χ0n) is 4.39. The number of guanidine groups is 1. The summed E-state index contributed by atoms with van der Waals surface area (Å²) in [5.41, 5.74) is 9.17. The second-order valence-electron chi connectivity index (χ2n) is 0.827. The zero-order chi connectivity index (χ0) is 7.86. The zero-order valence-corrected chi connectivity index (χ0v) is 4.39. The van der Waals surface area contributed by atoms with Gasteiger partial charge in [0, 0.05) is 0 Å². The van der Waals surface area contributed by atoms with E-state index >= 15 is 0 Å². The van der Waals surface area contributed by atoms with Crippen LogP contribution in [0.2, 0.25) is 0 Å². The Morgan fingerprint density at radius 1 is 1.56 bits per heavy atom. The minimum absolute atomic E-state index is 0.0833. The van der Waals surface area contributed by atoms with E-state index in [-0.39, 0.29) is 5.96 Å². The monoisotopic (exact) mass is 137 g/mol. The number of nitrogens with two attached hydrogens (primary N) is 3. The first-order chi connectivity index (χ1) is 4.00. The number of rotatable bonds is 0. The van der Waals surface area contributed by atoms with Gasteiger partial charge in [-0.1, -0.05) is 0 Å². The molecule has 0 bridgehead atoms. The normalized spacial score (nSPS) is 6.22. The van der Waals surface area contributed by atoms with Gasteiger partial charge in [-0.2, -0.15) is 0 Å². The molecule has 0 aliphatic rings. The molecule has 0 aliphatic heterocycles. The van der Waals surface area contributed by atoms with Crippen molar-refractivity contribution in [1.29, 1.82) is 0 Å². The van der Waals surface area contributed by atoms with Crippen LogP contribution in [-0.4, -0.2) is 16.2 Å². The molecule has 54 valence electrons. The Morgan fingerprint density at radius 2 is 1.67 bits per heavy atom. The van der Waals surface area contributed by atoms with Gasteiger partial charge in [0.2, 0.25) is 5.28 Å². The highest BCUT2D eigenvalue weighted by Gasteiger charge is 1.64. The summed E-state index contributed by atoms with van der Waals surface area (Å²) >= 11 is 0. The van der Waals surface area contributed by atoms with Gasteiger partial charge in [-0.05, 0) is 5.02 Å². The molecule has 8 nitrogen and oxygen atoms in total. The molecule has 0 saturated carbocycles. The molecule has 9 heavy (non-hydrogen) atoms. The SMILES string of the molecule is NC(N)=[NH2+].[O-][N+]([O-])=NO. The third kappa shape index (κ3) is 1570. The molecular formula is CH7N5O3. The molecule has 0 fully saturated rings. The van der Waals surface area contributed by atoms with E-state index in [0.717, 1.165) is 0 Å². The van der Waals surface area contributed by atoms with Crippen molar-refractivity contribution < 1.29 is 15.6 Å². The summed E-state index contributed by atoms with van der Waals surface area (Å²) in [6.07, 6.45) is 0. The largest absolute Gasteiger partial charge is 0.585 e. The Balaban J connectivity index is 0. The molecule has 0 saturated heterocycles. The van der Waals surface area contributed by atoms with Crippen LogP contribution in [0.25, 0.3) is 0 Å². The molecule has 0 atom stereocenters. The topological polar surface area (TPSA) is 159 Å². The molecule has 0 amide bonds. The van der Waals surface area contributed by atoms with Gasteiger partial charge in [0.1, 0.15) is 0 Å². The van der Waals surface area contributed by atoms with E-state index < -0.39 is 5.02 Å². The standard InChI is InChI=1S/CH5N3.HN2O3/c2-1(3)4;3-1-2(4)5/h(H5,2,3,4);(H-,1,3,4,5)/q;-1/p+1. The molecule has 0 aromatic rings. The fourth-order valence-corrected chi connectivity index (χ4v) is 0. The molecule has 7 N–H and O–H groups in total. The van der Waals surface area contributed by atoms with Gasteiger partial charge in [-0.3, -0.25) is 16.9 Å². The van der Waals surface area contributed by atoms with Gasteiger partial charge in [0.15, 0.2) is 0 Å². The summed E-state index contributed by atoms with van der Waals surface area (Å²) < 4.78 is 0. The fourth-order valence-electron chi connectivity index (χ4n) is 0. The molecule has 0 rings (SSSR count). The van der Waals surface area contributed by atoms with Gasteiger partial charge in [0.05, 0.1) is 0 Å². The summed E-state index contributed by atoms with van der Waals surface area (Å²) in [6, 6.07) is 0. The maximum atomic E-state index is 8.76. The number of nitrogens with zero attached hydrogens (tertiary/aromatic N) is 2. The molecular weight excluding hydrogens is 130 g/mol. The van der Waals surface area contributed by atoms with Gasteiger partial charge in [0.25, 0.3) is 0 Å². The second kappa shape index (κ2) is 6.27. The molecule has 0 aliphatic carbocycles. The first-order valence-electron chi connectivity index (χ1n) is 1.63. The van der Waals surface area contributed by atoms with Crippen LogP contribution in [0.3, 0.4) is 0 Å². The van der Waals surface area contributed by atoms with Gasteiger partial charge in [-0.15, -0.1) is 0 Å². The minimum atomic E-state index is -1.19. The van der Waals surface area contributed by atoms with E-state index in [9.17, 15) is 0 Å². The lowest BCUT2D eigenvalue weighted by Gasteiger charge is -1.89. The summed E-state index contributed by atoms with van der Waals surface area (Å²) in [7, 11) is 0. The third-order valence-corrected chi connectivity index (χ3v) is 0.0730. The van der Waals surface area contributed by atoms with Crippen LogP contribution >= 0.6 is 0 Å². The van der Waals surface area contributed by atoms with Crippen LogP contribution < -0.4 is 16.9 Å². The Kier molecular flexibility index (Phi) is 7.17. The van der Waals surface area contributed by atoms with E-state index in [2.05, 4.69) is 16.9 Å².